The quantitative estimate of drug-likeness (QED) is 0.413. The molecular weight excluding hydrogens is 386 g/mol. The fraction of sp³-hybridized carbons (Fsp3) is 0.0833. The normalized spacial score (nSPS) is 14.6. The Morgan fingerprint density at radius 2 is 1.79 bits per heavy atom. The van der Waals surface area contributed by atoms with Crippen LogP contribution >= 0.6 is 11.6 Å². The van der Waals surface area contributed by atoms with Crippen molar-refractivity contribution in [3.05, 3.63) is 106 Å². The van der Waals surface area contributed by atoms with Crippen LogP contribution in [0.3, 0.4) is 0 Å². The Morgan fingerprint density at radius 3 is 2.52 bits per heavy atom. The molecule has 3 aromatic carbocycles. The standard InChI is InChI=1S/C24H18ClNO3/c1-16-5-9-19(10-6-16)23-26-22(24(27)29-23)14-17-7-11-21(12-8-17)28-15-18-3-2-4-20(25)13-18/h2-14H,15H2,1H3/b22-14-. The Kier molecular flexibility index (Phi) is 5.45. The topological polar surface area (TPSA) is 47.9 Å². The van der Waals surface area contributed by atoms with E-state index in [1.165, 1.54) is 0 Å². The van der Waals surface area contributed by atoms with Crippen LogP contribution < -0.4 is 4.74 Å². The molecule has 4 nitrogen and oxygen atoms in total. The predicted octanol–water partition coefficient (Wildman–Crippen LogP) is 5.57. The smallest absolute Gasteiger partial charge is 0.363 e. The molecule has 0 radical (unpaired) electrons. The van der Waals surface area contributed by atoms with Gasteiger partial charge in [0, 0.05) is 10.6 Å². The maximum Gasteiger partial charge on any atom is 0.363 e. The first-order valence-electron chi connectivity index (χ1n) is 9.14. The van der Waals surface area contributed by atoms with Crippen molar-refractivity contribution in [3.63, 3.8) is 0 Å². The molecule has 29 heavy (non-hydrogen) atoms. The van der Waals surface area contributed by atoms with Gasteiger partial charge in [0.05, 0.1) is 0 Å². The molecule has 0 amide bonds. The lowest BCUT2D eigenvalue weighted by Crippen LogP contribution is -2.05. The third-order valence-corrected chi connectivity index (χ3v) is 4.63. The Bertz CT molecular complexity index is 1100. The van der Waals surface area contributed by atoms with Crippen molar-refractivity contribution in [3.8, 4) is 5.75 Å². The molecule has 0 atom stereocenters. The van der Waals surface area contributed by atoms with Gasteiger partial charge in [0.15, 0.2) is 5.70 Å². The second-order valence-corrected chi connectivity index (χ2v) is 7.13. The van der Waals surface area contributed by atoms with Crippen LogP contribution in [0.4, 0.5) is 0 Å². The molecule has 1 heterocycles. The van der Waals surface area contributed by atoms with E-state index in [0.717, 1.165) is 28.0 Å². The first-order chi connectivity index (χ1) is 14.1. The van der Waals surface area contributed by atoms with Crippen molar-refractivity contribution in [2.75, 3.05) is 0 Å². The Morgan fingerprint density at radius 1 is 1.03 bits per heavy atom. The summed E-state index contributed by atoms with van der Waals surface area (Å²) in [5.74, 6) is 0.592. The minimum absolute atomic E-state index is 0.271. The van der Waals surface area contributed by atoms with Gasteiger partial charge in [-0.25, -0.2) is 9.79 Å². The summed E-state index contributed by atoms with van der Waals surface area (Å²) in [6.07, 6.45) is 1.70. The van der Waals surface area contributed by atoms with Gasteiger partial charge < -0.3 is 9.47 Å². The Hall–Kier alpha value is -3.37. The van der Waals surface area contributed by atoms with Gasteiger partial charge >= 0.3 is 5.97 Å². The van der Waals surface area contributed by atoms with Crippen LogP contribution in [-0.4, -0.2) is 11.9 Å². The number of rotatable bonds is 5. The molecule has 1 aliphatic heterocycles. The number of aryl methyl sites for hydroxylation is 1. The van der Waals surface area contributed by atoms with Crippen LogP contribution in [0.2, 0.25) is 5.02 Å². The monoisotopic (exact) mass is 403 g/mol. The number of cyclic esters (lactones) is 1. The highest BCUT2D eigenvalue weighted by atomic mass is 35.5. The molecule has 144 valence electrons. The van der Waals surface area contributed by atoms with E-state index in [0.29, 0.717) is 17.5 Å². The number of hydrogen-bond acceptors (Lipinski definition) is 4. The van der Waals surface area contributed by atoms with Crippen molar-refractivity contribution in [2.45, 2.75) is 13.5 Å². The Labute approximate surface area is 174 Å². The van der Waals surface area contributed by atoms with Gasteiger partial charge in [-0.1, -0.05) is 53.6 Å². The van der Waals surface area contributed by atoms with E-state index < -0.39 is 5.97 Å². The lowest BCUT2D eigenvalue weighted by atomic mass is 10.1. The number of halogens is 1. The van der Waals surface area contributed by atoms with Gasteiger partial charge in [-0.15, -0.1) is 0 Å². The number of esters is 1. The first kappa shape index (κ1) is 19.0. The molecule has 0 fully saturated rings. The molecule has 0 saturated carbocycles. The van der Waals surface area contributed by atoms with Crippen molar-refractivity contribution in [2.24, 2.45) is 4.99 Å². The minimum Gasteiger partial charge on any atom is -0.489 e. The van der Waals surface area contributed by atoms with Crippen molar-refractivity contribution in [1.29, 1.82) is 0 Å². The number of nitrogens with zero attached hydrogens (tertiary/aromatic N) is 1. The predicted molar refractivity (Wildman–Crippen MR) is 114 cm³/mol. The average Bonchev–Trinajstić information content (AvgIpc) is 3.08. The van der Waals surface area contributed by atoms with E-state index >= 15 is 0 Å². The van der Waals surface area contributed by atoms with Gasteiger partial charge in [-0.2, -0.15) is 0 Å². The van der Waals surface area contributed by atoms with Crippen LogP contribution in [0.25, 0.3) is 6.08 Å². The fourth-order valence-electron chi connectivity index (χ4n) is 2.84. The molecule has 0 unspecified atom stereocenters. The second-order valence-electron chi connectivity index (χ2n) is 6.69. The molecule has 1 aliphatic rings. The number of carbonyl (C=O) groups excluding carboxylic acids is 1. The fourth-order valence-corrected chi connectivity index (χ4v) is 3.05. The molecule has 3 aromatic rings. The van der Waals surface area contributed by atoms with E-state index in [2.05, 4.69) is 4.99 Å². The zero-order valence-electron chi connectivity index (χ0n) is 15.8. The van der Waals surface area contributed by atoms with Crippen LogP contribution in [0.1, 0.15) is 22.3 Å². The lowest BCUT2D eigenvalue weighted by molar-refractivity contribution is -0.129. The largest absolute Gasteiger partial charge is 0.489 e. The number of hydrogen-bond donors (Lipinski definition) is 0. The first-order valence-corrected chi connectivity index (χ1v) is 9.51. The summed E-state index contributed by atoms with van der Waals surface area (Å²) >= 11 is 5.99. The summed E-state index contributed by atoms with van der Waals surface area (Å²) in [7, 11) is 0. The van der Waals surface area contributed by atoms with Crippen molar-refractivity contribution in [1.82, 2.24) is 0 Å². The summed E-state index contributed by atoms with van der Waals surface area (Å²) in [4.78, 5) is 16.5. The van der Waals surface area contributed by atoms with E-state index in [9.17, 15) is 4.79 Å². The zero-order valence-corrected chi connectivity index (χ0v) is 16.5. The third kappa shape index (κ3) is 4.73. The highest BCUT2D eigenvalue weighted by Crippen LogP contribution is 2.21. The average molecular weight is 404 g/mol. The van der Waals surface area contributed by atoms with Crippen LogP contribution in [0.5, 0.6) is 5.75 Å². The van der Waals surface area contributed by atoms with E-state index in [1.54, 1.807) is 6.08 Å². The van der Waals surface area contributed by atoms with Crippen molar-refractivity contribution >= 4 is 29.5 Å². The van der Waals surface area contributed by atoms with E-state index in [1.807, 2.05) is 79.7 Å². The van der Waals surface area contributed by atoms with Crippen molar-refractivity contribution < 1.29 is 14.3 Å². The molecule has 0 aromatic heterocycles. The van der Waals surface area contributed by atoms with Crippen LogP contribution in [0.15, 0.2) is 83.5 Å². The minimum atomic E-state index is -0.457. The second kappa shape index (κ2) is 8.33. The summed E-state index contributed by atoms with van der Waals surface area (Å²) in [5.41, 5.74) is 4.01. The van der Waals surface area contributed by atoms with Gasteiger partial charge in [0.1, 0.15) is 12.4 Å². The van der Waals surface area contributed by atoms with E-state index in [-0.39, 0.29) is 5.70 Å². The van der Waals surface area contributed by atoms with Gasteiger partial charge in [-0.05, 0) is 60.5 Å². The number of aliphatic imine (C=N–C) groups is 1. The zero-order chi connectivity index (χ0) is 20.2. The van der Waals surface area contributed by atoms with Crippen LogP contribution in [0, 0.1) is 6.92 Å². The SMILES string of the molecule is Cc1ccc(C2=N/C(=C\c3ccc(OCc4cccc(Cl)c4)cc3)C(=O)O2)cc1. The van der Waals surface area contributed by atoms with Gasteiger partial charge in [0.25, 0.3) is 0 Å². The Balaban J connectivity index is 1.45. The number of ether oxygens (including phenoxy) is 2. The summed E-state index contributed by atoms with van der Waals surface area (Å²) < 4.78 is 11.1. The summed E-state index contributed by atoms with van der Waals surface area (Å²) in [6, 6.07) is 22.7. The third-order valence-electron chi connectivity index (χ3n) is 4.40. The maximum atomic E-state index is 12.1. The van der Waals surface area contributed by atoms with Gasteiger partial charge in [0.2, 0.25) is 5.90 Å². The lowest BCUT2D eigenvalue weighted by Gasteiger charge is -2.07. The van der Waals surface area contributed by atoms with Crippen LogP contribution in [-0.2, 0) is 16.1 Å². The molecule has 0 spiro atoms. The summed E-state index contributed by atoms with van der Waals surface area (Å²) in [5, 5.41) is 0.682. The highest BCUT2D eigenvalue weighted by Gasteiger charge is 2.23. The molecule has 4 rings (SSSR count). The van der Waals surface area contributed by atoms with E-state index in [4.69, 9.17) is 21.1 Å². The number of benzene rings is 3. The maximum absolute atomic E-state index is 12.1. The molecular formula is C24H18ClNO3. The molecule has 0 saturated heterocycles. The molecule has 5 heteroatoms. The summed E-state index contributed by atoms with van der Waals surface area (Å²) in [6.45, 7) is 2.43. The molecule has 0 N–H and O–H groups in total. The molecule has 0 bridgehead atoms. The number of carbonyl (C=O) groups is 1. The van der Waals surface area contributed by atoms with Gasteiger partial charge in [-0.3, -0.25) is 0 Å². The molecule has 0 aliphatic carbocycles. The highest BCUT2D eigenvalue weighted by molar-refractivity contribution is 6.30.